The van der Waals surface area contributed by atoms with Crippen molar-refractivity contribution >= 4 is 17.4 Å². The van der Waals surface area contributed by atoms with Crippen LogP contribution < -0.4 is 10.6 Å². The van der Waals surface area contributed by atoms with Gasteiger partial charge in [0.15, 0.2) is 5.60 Å². The number of nitrogens with one attached hydrogen (secondary N) is 2. The molecule has 2 aliphatic rings. The van der Waals surface area contributed by atoms with Crippen molar-refractivity contribution in [1.82, 2.24) is 0 Å². The molecule has 0 aromatic heterocycles. The van der Waals surface area contributed by atoms with Gasteiger partial charge in [0.1, 0.15) is 11.9 Å². The molecule has 1 aliphatic carbocycles. The van der Waals surface area contributed by atoms with E-state index in [9.17, 15) is 13.2 Å². The van der Waals surface area contributed by atoms with E-state index in [1.165, 1.54) is 39.7 Å². The summed E-state index contributed by atoms with van der Waals surface area (Å²) in [7, 11) is 0. The number of hydrogen-bond acceptors (Lipinski definition) is 4. The maximum absolute atomic E-state index is 14.1. The van der Waals surface area contributed by atoms with Crippen molar-refractivity contribution in [2.75, 3.05) is 10.6 Å². The van der Waals surface area contributed by atoms with Gasteiger partial charge in [-0.1, -0.05) is 12.8 Å². The van der Waals surface area contributed by atoms with Gasteiger partial charge in [-0.15, -0.1) is 0 Å². The van der Waals surface area contributed by atoms with E-state index < -0.39 is 23.4 Å². The number of nitrogens with zero attached hydrogens (tertiary/aromatic N) is 1. The van der Waals surface area contributed by atoms with Crippen molar-refractivity contribution in [2.24, 2.45) is 4.99 Å². The van der Waals surface area contributed by atoms with Crippen LogP contribution in [-0.4, -0.2) is 29.6 Å². The molecule has 3 rings (SSSR count). The first-order chi connectivity index (χ1) is 11.7. The van der Waals surface area contributed by atoms with Gasteiger partial charge in [-0.3, -0.25) is 0 Å². The van der Waals surface area contributed by atoms with E-state index in [1.807, 2.05) is 0 Å². The van der Waals surface area contributed by atoms with E-state index in [-0.39, 0.29) is 11.7 Å². The van der Waals surface area contributed by atoms with E-state index in [2.05, 4.69) is 15.6 Å². The quantitative estimate of drug-likeness (QED) is 0.820. The van der Waals surface area contributed by atoms with Gasteiger partial charge in [0.2, 0.25) is 0 Å². The molecule has 0 amide bonds. The van der Waals surface area contributed by atoms with Gasteiger partial charge in [-0.25, -0.2) is 9.38 Å². The van der Waals surface area contributed by atoms with Gasteiger partial charge < -0.3 is 15.4 Å². The number of amidine groups is 1. The summed E-state index contributed by atoms with van der Waals surface area (Å²) in [4.78, 5) is 3.85. The Kier molecular flexibility index (Phi) is 4.60. The number of alkyl halides is 2. The van der Waals surface area contributed by atoms with Gasteiger partial charge >= 0.3 is 5.92 Å². The average Bonchev–Trinajstić information content (AvgIpc) is 3.01. The van der Waals surface area contributed by atoms with Crippen LogP contribution in [0.25, 0.3) is 0 Å². The third-order valence-corrected chi connectivity index (χ3v) is 4.92. The Morgan fingerprint density at radius 3 is 2.52 bits per heavy atom. The smallest absolute Gasteiger partial charge is 0.308 e. The summed E-state index contributed by atoms with van der Waals surface area (Å²) >= 11 is 0. The lowest BCUT2D eigenvalue weighted by molar-refractivity contribution is -0.174. The van der Waals surface area contributed by atoms with E-state index in [0.717, 1.165) is 18.5 Å². The van der Waals surface area contributed by atoms with Crippen molar-refractivity contribution in [3.05, 3.63) is 24.0 Å². The summed E-state index contributed by atoms with van der Waals surface area (Å²) in [5.74, 6) is -3.60. The van der Waals surface area contributed by atoms with Gasteiger partial charge in [-0.2, -0.15) is 8.78 Å². The third-order valence-electron chi connectivity index (χ3n) is 4.92. The van der Waals surface area contributed by atoms with Crippen LogP contribution in [0.2, 0.25) is 0 Å². The zero-order valence-electron chi connectivity index (χ0n) is 14.7. The average molecular weight is 355 g/mol. The molecule has 0 bridgehead atoms. The largest absolute Gasteiger partial charge is 0.453 e. The SMILES string of the molecule is C[C@H]1N=C(Nc2cc(NC3CCCC3)ccc2F)OC(C)(C)C1(F)F. The van der Waals surface area contributed by atoms with Crippen LogP contribution in [0.5, 0.6) is 0 Å². The molecule has 7 heteroatoms. The van der Waals surface area contributed by atoms with Crippen LogP contribution in [0.1, 0.15) is 46.5 Å². The maximum Gasteiger partial charge on any atom is 0.308 e. The van der Waals surface area contributed by atoms with Crippen LogP contribution in [0, 0.1) is 5.82 Å². The normalized spacial score (nSPS) is 25.2. The summed E-state index contributed by atoms with van der Waals surface area (Å²) in [5.41, 5.74) is -0.799. The Balaban J connectivity index is 1.78. The predicted octanol–water partition coefficient (Wildman–Crippen LogP) is 4.78. The molecule has 1 fully saturated rings. The molecular weight excluding hydrogens is 331 g/mol. The number of benzene rings is 1. The zero-order valence-corrected chi connectivity index (χ0v) is 14.7. The van der Waals surface area contributed by atoms with Crippen molar-refractivity contribution in [3.63, 3.8) is 0 Å². The molecule has 138 valence electrons. The molecule has 4 nitrogen and oxygen atoms in total. The highest BCUT2D eigenvalue weighted by Crippen LogP contribution is 2.39. The molecule has 1 atom stereocenters. The lowest BCUT2D eigenvalue weighted by atomic mass is 9.93. The molecule has 25 heavy (non-hydrogen) atoms. The van der Waals surface area contributed by atoms with Gasteiger partial charge in [0.25, 0.3) is 6.02 Å². The van der Waals surface area contributed by atoms with E-state index in [0.29, 0.717) is 6.04 Å². The molecule has 1 aliphatic heterocycles. The summed E-state index contributed by atoms with van der Waals surface area (Å²) in [5, 5.41) is 6.09. The molecule has 1 saturated carbocycles. The fraction of sp³-hybridized carbons (Fsp3) is 0.611. The first kappa shape index (κ1) is 17.9. The monoisotopic (exact) mass is 355 g/mol. The molecule has 0 radical (unpaired) electrons. The van der Waals surface area contributed by atoms with Crippen molar-refractivity contribution in [1.29, 1.82) is 0 Å². The molecule has 0 spiro atoms. The minimum Gasteiger partial charge on any atom is -0.453 e. The first-order valence-corrected chi connectivity index (χ1v) is 8.67. The Morgan fingerprint density at radius 2 is 1.88 bits per heavy atom. The maximum atomic E-state index is 14.1. The van der Waals surface area contributed by atoms with Gasteiger partial charge in [0.05, 0.1) is 5.69 Å². The molecule has 0 unspecified atom stereocenters. The topological polar surface area (TPSA) is 45.7 Å². The number of ether oxygens (including phenoxy) is 1. The lowest BCUT2D eigenvalue weighted by Gasteiger charge is -2.40. The van der Waals surface area contributed by atoms with Crippen LogP contribution in [0.4, 0.5) is 24.5 Å². The minimum atomic E-state index is -3.11. The highest BCUT2D eigenvalue weighted by molar-refractivity contribution is 5.90. The van der Waals surface area contributed by atoms with Crippen LogP contribution >= 0.6 is 0 Å². The number of aliphatic imine (C=N–C) groups is 1. The predicted molar refractivity (Wildman–Crippen MR) is 92.9 cm³/mol. The molecule has 1 heterocycles. The van der Waals surface area contributed by atoms with Crippen LogP contribution in [-0.2, 0) is 4.74 Å². The molecular formula is C18H24F3N3O. The highest BCUT2D eigenvalue weighted by atomic mass is 19.3. The first-order valence-electron chi connectivity index (χ1n) is 8.67. The van der Waals surface area contributed by atoms with Crippen LogP contribution in [0.15, 0.2) is 23.2 Å². The molecule has 1 aromatic carbocycles. The Bertz CT molecular complexity index is 670. The third kappa shape index (κ3) is 3.55. The number of halogens is 3. The van der Waals surface area contributed by atoms with Gasteiger partial charge in [-0.05, 0) is 51.8 Å². The summed E-state index contributed by atoms with van der Waals surface area (Å²) < 4.78 is 47.7. The number of hydrogen-bond donors (Lipinski definition) is 2. The molecule has 0 saturated heterocycles. The standard InChI is InChI=1S/C18H24F3N3O/c1-11-18(20,21)17(2,3)25-16(22-11)24-15-10-13(8-9-14(15)19)23-12-6-4-5-7-12/h8-12,23H,4-7H2,1-3H3,(H,22,24)/t11-/m1/s1. The lowest BCUT2D eigenvalue weighted by Crippen LogP contribution is -2.56. The molecule has 1 aromatic rings. The number of rotatable bonds is 3. The van der Waals surface area contributed by atoms with Gasteiger partial charge in [0, 0.05) is 11.7 Å². The fourth-order valence-electron chi connectivity index (χ4n) is 3.29. The van der Waals surface area contributed by atoms with E-state index in [4.69, 9.17) is 4.74 Å². The second-order valence-corrected chi connectivity index (χ2v) is 7.29. The zero-order chi connectivity index (χ0) is 18.2. The van der Waals surface area contributed by atoms with E-state index >= 15 is 0 Å². The Morgan fingerprint density at radius 1 is 1.20 bits per heavy atom. The number of anilines is 2. The van der Waals surface area contributed by atoms with Crippen molar-refractivity contribution < 1.29 is 17.9 Å². The Hall–Kier alpha value is -1.92. The second-order valence-electron chi connectivity index (χ2n) is 7.29. The highest BCUT2D eigenvalue weighted by Gasteiger charge is 2.56. The summed E-state index contributed by atoms with van der Waals surface area (Å²) in [6, 6.07) is 3.65. The minimum absolute atomic E-state index is 0.0969. The fourth-order valence-corrected chi connectivity index (χ4v) is 3.29. The molecule has 2 N–H and O–H groups in total. The Labute approximate surface area is 145 Å². The summed E-state index contributed by atoms with van der Waals surface area (Å²) in [6.07, 6.45) is 4.57. The second kappa shape index (κ2) is 6.42. The van der Waals surface area contributed by atoms with E-state index in [1.54, 1.807) is 12.1 Å². The summed E-state index contributed by atoms with van der Waals surface area (Å²) in [6.45, 7) is 3.92. The van der Waals surface area contributed by atoms with Crippen molar-refractivity contribution in [2.45, 2.75) is 70.1 Å². The van der Waals surface area contributed by atoms with Crippen molar-refractivity contribution in [3.8, 4) is 0 Å². The van der Waals surface area contributed by atoms with Crippen LogP contribution in [0.3, 0.4) is 0 Å².